The molecular weight excluding hydrogens is 242 g/mol. The molecule has 0 amide bonds. The molecule has 0 atom stereocenters. The number of hydrogen-bond donors (Lipinski definition) is 1. The van der Waals surface area contributed by atoms with E-state index in [1.165, 1.54) is 5.56 Å². The van der Waals surface area contributed by atoms with Gasteiger partial charge >= 0.3 is 0 Å². The van der Waals surface area contributed by atoms with E-state index in [9.17, 15) is 0 Å². The van der Waals surface area contributed by atoms with Crippen LogP contribution >= 0.6 is 15.9 Å². The Kier molecular flexibility index (Phi) is 2.89. The molecule has 74 valence electrons. The highest BCUT2D eigenvalue weighted by molar-refractivity contribution is 9.10. The van der Waals surface area contributed by atoms with Gasteiger partial charge in [-0.1, -0.05) is 15.9 Å². The van der Waals surface area contributed by atoms with Crippen molar-refractivity contribution in [1.29, 1.82) is 0 Å². The molecule has 0 unspecified atom stereocenters. The largest absolute Gasteiger partial charge is 0.464 e. The van der Waals surface area contributed by atoms with Gasteiger partial charge < -0.3 is 10.2 Å². The molecule has 2 N–H and O–H groups in total. The van der Waals surface area contributed by atoms with Crippen molar-refractivity contribution in [2.75, 3.05) is 6.54 Å². The quantitative estimate of drug-likeness (QED) is 0.914. The van der Waals surface area contributed by atoms with Crippen molar-refractivity contribution in [2.45, 2.75) is 12.8 Å². The van der Waals surface area contributed by atoms with Crippen LogP contribution in [-0.4, -0.2) is 6.54 Å². The van der Waals surface area contributed by atoms with E-state index in [0.717, 1.165) is 28.3 Å². The maximum atomic E-state index is 5.49. The van der Waals surface area contributed by atoms with Crippen molar-refractivity contribution < 1.29 is 4.42 Å². The topological polar surface area (TPSA) is 39.2 Å². The summed E-state index contributed by atoms with van der Waals surface area (Å²) in [7, 11) is 0. The molecule has 1 heterocycles. The first-order valence-electron chi connectivity index (χ1n) is 4.67. The van der Waals surface area contributed by atoms with Crippen LogP contribution in [0.4, 0.5) is 0 Å². The fourth-order valence-corrected chi connectivity index (χ4v) is 2.12. The number of benzene rings is 1. The second-order valence-corrected chi connectivity index (χ2v) is 4.21. The van der Waals surface area contributed by atoms with E-state index in [1.807, 2.05) is 6.07 Å². The van der Waals surface area contributed by atoms with E-state index in [4.69, 9.17) is 10.2 Å². The Bertz CT molecular complexity index is 436. The third-order valence-corrected chi connectivity index (χ3v) is 2.70. The van der Waals surface area contributed by atoms with Crippen LogP contribution in [0.25, 0.3) is 11.0 Å². The molecule has 0 saturated heterocycles. The third-order valence-electron chi connectivity index (χ3n) is 2.24. The average Bonchev–Trinajstić information content (AvgIpc) is 2.61. The molecule has 0 saturated carbocycles. The van der Waals surface area contributed by atoms with E-state index >= 15 is 0 Å². The van der Waals surface area contributed by atoms with Crippen LogP contribution < -0.4 is 5.73 Å². The maximum absolute atomic E-state index is 5.49. The number of rotatable bonds is 3. The van der Waals surface area contributed by atoms with E-state index in [2.05, 4.69) is 28.1 Å². The minimum Gasteiger partial charge on any atom is -0.464 e. The summed E-state index contributed by atoms with van der Waals surface area (Å²) in [5.74, 6) is 0. The van der Waals surface area contributed by atoms with Crippen molar-refractivity contribution in [3.63, 3.8) is 0 Å². The van der Waals surface area contributed by atoms with Crippen LogP contribution in [0.3, 0.4) is 0 Å². The summed E-state index contributed by atoms with van der Waals surface area (Å²) in [6.07, 6.45) is 3.69. The highest BCUT2D eigenvalue weighted by atomic mass is 79.9. The smallest absolute Gasteiger partial charge is 0.137 e. The van der Waals surface area contributed by atoms with Gasteiger partial charge in [0, 0.05) is 9.86 Å². The number of nitrogens with two attached hydrogens (primary N) is 1. The number of aryl methyl sites for hydroxylation is 1. The van der Waals surface area contributed by atoms with Crippen LogP contribution in [0.1, 0.15) is 12.0 Å². The van der Waals surface area contributed by atoms with Gasteiger partial charge in [-0.3, -0.25) is 0 Å². The first kappa shape index (κ1) is 9.74. The van der Waals surface area contributed by atoms with Crippen molar-refractivity contribution in [2.24, 2.45) is 5.73 Å². The molecule has 0 aliphatic rings. The van der Waals surface area contributed by atoms with E-state index in [0.29, 0.717) is 6.54 Å². The molecule has 0 radical (unpaired) electrons. The summed E-state index contributed by atoms with van der Waals surface area (Å²) in [6, 6.07) is 6.14. The lowest BCUT2D eigenvalue weighted by molar-refractivity contribution is 0.609. The van der Waals surface area contributed by atoms with Gasteiger partial charge in [-0.05, 0) is 43.1 Å². The van der Waals surface area contributed by atoms with Gasteiger partial charge in [-0.25, -0.2) is 0 Å². The summed E-state index contributed by atoms with van der Waals surface area (Å²) in [6.45, 7) is 0.717. The molecular formula is C11H12BrNO. The molecule has 0 aliphatic carbocycles. The third kappa shape index (κ3) is 1.83. The zero-order chi connectivity index (χ0) is 9.97. The number of halogens is 1. The summed E-state index contributed by atoms with van der Waals surface area (Å²) < 4.78 is 6.54. The van der Waals surface area contributed by atoms with Crippen LogP contribution in [0.2, 0.25) is 0 Å². The van der Waals surface area contributed by atoms with E-state index < -0.39 is 0 Å². The fourth-order valence-electron chi connectivity index (χ4n) is 1.59. The van der Waals surface area contributed by atoms with Crippen LogP contribution in [-0.2, 0) is 6.42 Å². The van der Waals surface area contributed by atoms with Crippen LogP contribution in [0.5, 0.6) is 0 Å². The van der Waals surface area contributed by atoms with E-state index in [-0.39, 0.29) is 0 Å². The lowest BCUT2D eigenvalue weighted by Gasteiger charge is -2.02. The minimum absolute atomic E-state index is 0.717. The second-order valence-electron chi connectivity index (χ2n) is 3.30. The molecule has 14 heavy (non-hydrogen) atoms. The molecule has 0 bridgehead atoms. The standard InChI is InChI=1S/C11H12BrNO/c12-10-6-8(2-1-4-13)11-9(7-10)3-5-14-11/h3,5-7H,1-2,4,13H2. The molecule has 0 fully saturated rings. The van der Waals surface area contributed by atoms with Gasteiger partial charge in [0.1, 0.15) is 5.58 Å². The Labute approximate surface area is 91.2 Å². The lowest BCUT2D eigenvalue weighted by atomic mass is 10.1. The van der Waals surface area contributed by atoms with Crippen molar-refractivity contribution in [3.8, 4) is 0 Å². The Hall–Kier alpha value is -0.800. The molecule has 1 aromatic heterocycles. The normalized spacial score (nSPS) is 11.0. The molecule has 3 heteroatoms. The highest BCUT2D eigenvalue weighted by Gasteiger charge is 2.05. The Morgan fingerprint density at radius 1 is 1.36 bits per heavy atom. The van der Waals surface area contributed by atoms with Gasteiger partial charge in [0.05, 0.1) is 6.26 Å². The second kappa shape index (κ2) is 4.15. The molecule has 2 rings (SSSR count). The first-order chi connectivity index (χ1) is 6.81. The predicted octanol–water partition coefficient (Wildman–Crippen LogP) is 3.09. The molecule has 2 aromatic rings. The molecule has 0 aliphatic heterocycles. The maximum Gasteiger partial charge on any atom is 0.137 e. The van der Waals surface area contributed by atoms with Gasteiger partial charge in [-0.15, -0.1) is 0 Å². The van der Waals surface area contributed by atoms with Crippen molar-refractivity contribution in [3.05, 3.63) is 34.5 Å². The zero-order valence-corrected chi connectivity index (χ0v) is 9.38. The highest BCUT2D eigenvalue weighted by Crippen LogP contribution is 2.25. The van der Waals surface area contributed by atoms with E-state index in [1.54, 1.807) is 6.26 Å². The number of furan rings is 1. The summed E-state index contributed by atoms with van der Waals surface area (Å²) in [4.78, 5) is 0. The van der Waals surface area contributed by atoms with Gasteiger partial charge in [0.2, 0.25) is 0 Å². The summed E-state index contributed by atoms with van der Waals surface area (Å²) in [5, 5.41) is 1.14. The molecule has 2 nitrogen and oxygen atoms in total. The van der Waals surface area contributed by atoms with Crippen molar-refractivity contribution in [1.82, 2.24) is 0 Å². The first-order valence-corrected chi connectivity index (χ1v) is 5.46. The lowest BCUT2D eigenvalue weighted by Crippen LogP contribution is -2.00. The Balaban J connectivity index is 2.44. The SMILES string of the molecule is NCCCc1cc(Br)cc2ccoc12. The van der Waals surface area contributed by atoms with Gasteiger partial charge in [0.25, 0.3) is 0 Å². The minimum atomic E-state index is 0.717. The Morgan fingerprint density at radius 3 is 3.00 bits per heavy atom. The molecule has 1 aromatic carbocycles. The summed E-state index contributed by atoms with van der Waals surface area (Å²) >= 11 is 3.49. The zero-order valence-electron chi connectivity index (χ0n) is 7.79. The van der Waals surface area contributed by atoms with Gasteiger partial charge in [0.15, 0.2) is 0 Å². The number of fused-ring (bicyclic) bond motifs is 1. The number of hydrogen-bond acceptors (Lipinski definition) is 2. The monoisotopic (exact) mass is 253 g/mol. The van der Waals surface area contributed by atoms with Crippen molar-refractivity contribution >= 4 is 26.9 Å². The summed E-state index contributed by atoms with van der Waals surface area (Å²) in [5.41, 5.74) is 7.71. The average molecular weight is 254 g/mol. The Morgan fingerprint density at radius 2 is 2.21 bits per heavy atom. The van der Waals surface area contributed by atoms with Crippen LogP contribution in [0, 0.1) is 0 Å². The van der Waals surface area contributed by atoms with Gasteiger partial charge in [-0.2, -0.15) is 0 Å². The fraction of sp³-hybridized carbons (Fsp3) is 0.273. The molecule has 0 spiro atoms. The van der Waals surface area contributed by atoms with Crippen LogP contribution in [0.15, 0.2) is 33.4 Å². The predicted molar refractivity (Wildman–Crippen MR) is 61.3 cm³/mol.